The molecule has 3 aromatic rings. The highest BCUT2D eigenvalue weighted by atomic mass is 16.2. The number of para-hydroxylation sites is 1. The van der Waals surface area contributed by atoms with Crippen LogP contribution in [0.3, 0.4) is 0 Å². The molecule has 1 heterocycles. The fourth-order valence-electron chi connectivity index (χ4n) is 3.31. The molecule has 0 aliphatic rings. The zero-order valence-electron chi connectivity index (χ0n) is 17.1. The van der Waals surface area contributed by atoms with Crippen molar-refractivity contribution in [2.75, 3.05) is 0 Å². The molecular weight excluding hydrogens is 364 g/mol. The smallest absolute Gasteiger partial charge is 0.240 e. The summed E-state index contributed by atoms with van der Waals surface area (Å²) in [7, 11) is 0. The molecule has 1 N–H and O–H groups in total. The lowest BCUT2D eigenvalue weighted by molar-refractivity contribution is -0.122. The van der Waals surface area contributed by atoms with E-state index in [4.69, 9.17) is 0 Å². The molecule has 148 valence electrons. The number of nitrogens with zero attached hydrogens (tertiary/aromatic N) is 3. The van der Waals surface area contributed by atoms with Crippen LogP contribution in [-0.2, 0) is 16.8 Å². The Bertz CT molecular complexity index is 1100. The van der Waals surface area contributed by atoms with E-state index in [0.29, 0.717) is 16.6 Å². The van der Waals surface area contributed by atoms with Gasteiger partial charge in [0.15, 0.2) is 5.78 Å². The summed E-state index contributed by atoms with van der Waals surface area (Å²) >= 11 is 0. The van der Waals surface area contributed by atoms with Crippen molar-refractivity contribution >= 4 is 22.7 Å². The molecule has 3 rings (SSSR count). The monoisotopic (exact) mass is 388 g/mol. The quantitative estimate of drug-likeness (QED) is 0.648. The minimum atomic E-state index is -0.554. The normalized spacial score (nSPS) is 12.4. The van der Waals surface area contributed by atoms with Gasteiger partial charge in [-0.1, -0.05) is 30.3 Å². The van der Waals surface area contributed by atoms with Gasteiger partial charge in [-0.2, -0.15) is 5.26 Å². The summed E-state index contributed by atoms with van der Waals surface area (Å²) in [5.41, 5.74) is 3.25. The molecule has 0 fully saturated rings. The van der Waals surface area contributed by atoms with Crippen LogP contribution < -0.4 is 5.32 Å². The lowest BCUT2D eigenvalue weighted by Gasteiger charge is -2.19. The first kappa shape index (κ1) is 20.3. The zero-order valence-corrected chi connectivity index (χ0v) is 17.1. The number of benzene rings is 2. The van der Waals surface area contributed by atoms with Crippen molar-refractivity contribution in [3.63, 3.8) is 0 Å². The SMILES string of the molecule is CC(=O)c1cccc2ncn(CC(=O)N[C@H](C)c3ccc(C(C)(C)C#N)cc3)c12. The fourth-order valence-corrected chi connectivity index (χ4v) is 3.31. The largest absolute Gasteiger partial charge is 0.348 e. The average Bonchev–Trinajstić information content (AvgIpc) is 3.10. The summed E-state index contributed by atoms with van der Waals surface area (Å²) in [5.74, 6) is -0.233. The predicted molar refractivity (Wildman–Crippen MR) is 111 cm³/mol. The number of fused-ring (bicyclic) bond motifs is 1. The van der Waals surface area contributed by atoms with Crippen LogP contribution in [0.25, 0.3) is 11.0 Å². The van der Waals surface area contributed by atoms with E-state index in [1.807, 2.05) is 51.1 Å². The first-order valence-corrected chi connectivity index (χ1v) is 9.49. The van der Waals surface area contributed by atoms with Gasteiger partial charge in [0.1, 0.15) is 6.54 Å². The van der Waals surface area contributed by atoms with Crippen LogP contribution in [0.15, 0.2) is 48.8 Å². The van der Waals surface area contributed by atoms with Crippen molar-refractivity contribution in [1.82, 2.24) is 14.9 Å². The van der Waals surface area contributed by atoms with E-state index in [-0.39, 0.29) is 24.3 Å². The number of carbonyl (C=O) groups is 2. The van der Waals surface area contributed by atoms with Crippen LogP contribution >= 0.6 is 0 Å². The van der Waals surface area contributed by atoms with E-state index in [9.17, 15) is 14.9 Å². The highest BCUT2D eigenvalue weighted by Crippen LogP contribution is 2.24. The number of carbonyl (C=O) groups excluding carboxylic acids is 2. The highest BCUT2D eigenvalue weighted by Gasteiger charge is 2.20. The van der Waals surface area contributed by atoms with Crippen molar-refractivity contribution < 1.29 is 9.59 Å². The second-order valence-corrected chi connectivity index (χ2v) is 7.75. The van der Waals surface area contributed by atoms with Gasteiger partial charge < -0.3 is 9.88 Å². The molecule has 0 aliphatic heterocycles. The van der Waals surface area contributed by atoms with Gasteiger partial charge in [-0.15, -0.1) is 0 Å². The number of nitriles is 1. The Morgan fingerprint density at radius 3 is 2.52 bits per heavy atom. The molecule has 6 nitrogen and oxygen atoms in total. The zero-order chi connectivity index (χ0) is 21.2. The molecule has 0 radical (unpaired) electrons. The summed E-state index contributed by atoms with van der Waals surface area (Å²) in [6.07, 6.45) is 1.58. The number of nitrogens with one attached hydrogen (secondary N) is 1. The number of amides is 1. The number of ketones is 1. The molecule has 2 aromatic carbocycles. The summed E-state index contributed by atoms with van der Waals surface area (Å²) in [4.78, 5) is 28.8. The van der Waals surface area contributed by atoms with Crippen LogP contribution in [-0.4, -0.2) is 21.2 Å². The third-order valence-corrected chi connectivity index (χ3v) is 5.12. The van der Waals surface area contributed by atoms with E-state index in [0.717, 1.165) is 11.1 Å². The maximum Gasteiger partial charge on any atom is 0.240 e. The van der Waals surface area contributed by atoms with Gasteiger partial charge in [0.25, 0.3) is 0 Å². The van der Waals surface area contributed by atoms with Crippen molar-refractivity contribution in [2.24, 2.45) is 0 Å². The lowest BCUT2D eigenvalue weighted by Crippen LogP contribution is -2.30. The minimum absolute atomic E-state index is 0.0634. The van der Waals surface area contributed by atoms with E-state index >= 15 is 0 Å². The van der Waals surface area contributed by atoms with Crippen LogP contribution in [0.4, 0.5) is 0 Å². The maximum atomic E-state index is 12.6. The highest BCUT2D eigenvalue weighted by molar-refractivity contribution is 6.05. The van der Waals surface area contributed by atoms with E-state index in [1.54, 1.807) is 23.0 Å². The summed E-state index contributed by atoms with van der Waals surface area (Å²) in [6, 6.07) is 15.2. The van der Waals surface area contributed by atoms with Gasteiger partial charge in [0.2, 0.25) is 5.91 Å². The fraction of sp³-hybridized carbons (Fsp3) is 0.304. The van der Waals surface area contributed by atoms with E-state index in [1.165, 1.54) is 6.92 Å². The number of aromatic nitrogens is 2. The Morgan fingerprint density at radius 1 is 1.21 bits per heavy atom. The predicted octanol–water partition coefficient (Wildman–Crippen LogP) is 3.92. The van der Waals surface area contributed by atoms with Crippen LogP contribution in [0.5, 0.6) is 0 Å². The Morgan fingerprint density at radius 2 is 1.90 bits per heavy atom. The Labute approximate surface area is 170 Å². The first-order chi connectivity index (χ1) is 13.7. The number of hydrogen-bond acceptors (Lipinski definition) is 4. The van der Waals surface area contributed by atoms with Crippen LogP contribution in [0.1, 0.15) is 55.2 Å². The summed E-state index contributed by atoms with van der Waals surface area (Å²) in [5, 5.41) is 12.2. The van der Waals surface area contributed by atoms with E-state index < -0.39 is 5.41 Å². The first-order valence-electron chi connectivity index (χ1n) is 9.49. The minimum Gasteiger partial charge on any atom is -0.348 e. The molecule has 0 aliphatic carbocycles. The third kappa shape index (κ3) is 4.19. The Kier molecular flexibility index (Phi) is 5.51. The molecule has 1 atom stereocenters. The standard InChI is InChI=1S/C23H24N4O2/c1-15(17-8-10-18(11-9-17)23(3,4)13-24)26-21(29)12-27-14-25-20-7-5-6-19(16(2)28)22(20)27/h5-11,14-15H,12H2,1-4H3,(H,26,29)/t15-/m1/s1. The number of imidazole rings is 1. The second kappa shape index (κ2) is 7.88. The van der Waals surface area contributed by atoms with Gasteiger partial charge in [-0.05, 0) is 51.0 Å². The molecule has 29 heavy (non-hydrogen) atoms. The molecule has 1 amide bonds. The molecule has 0 unspecified atom stereocenters. The van der Waals surface area contributed by atoms with Crippen LogP contribution in [0.2, 0.25) is 0 Å². The average molecular weight is 388 g/mol. The molecule has 1 aromatic heterocycles. The van der Waals surface area contributed by atoms with Gasteiger partial charge in [0.05, 0.1) is 34.9 Å². The van der Waals surface area contributed by atoms with Crippen molar-refractivity contribution in [1.29, 1.82) is 5.26 Å². The molecular formula is C23H24N4O2. The van der Waals surface area contributed by atoms with Crippen LogP contribution in [0, 0.1) is 11.3 Å². The van der Waals surface area contributed by atoms with Crippen molar-refractivity contribution in [3.8, 4) is 6.07 Å². The molecule has 0 saturated carbocycles. The molecule has 0 saturated heterocycles. The van der Waals surface area contributed by atoms with Crippen molar-refractivity contribution in [3.05, 3.63) is 65.5 Å². The van der Waals surface area contributed by atoms with Gasteiger partial charge in [-0.25, -0.2) is 4.98 Å². The number of rotatable bonds is 6. The molecule has 6 heteroatoms. The van der Waals surface area contributed by atoms with Gasteiger partial charge in [-0.3, -0.25) is 9.59 Å². The summed E-state index contributed by atoms with van der Waals surface area (Å²) < 4.78 is 1.70. The summed E-state index contributed by atoms with van der Waals surface area (Å²) in [6.45, 7) is 7.24. The second-order valence-electron chi connectivity index (χ2n) is 7.75. The van der Waals surface area contributed by atoms with Gasteiger partial charge in [0, 0.05) is 5.56 Å². The third-order valence-electron chi connectivity index (χ3n) is 5.12. The number of hydrogen-bond donors (Lipinski definition) is 1. The molecule has 0 bridgehead atoms. The van der Waals surface area contributed by atoms with E-state index in [2.05, 4.69) is 16.4 Å². The lowest BCUT2D eigenvalue weighted by atomic mass is 9.85. The maximum absolute atomic E-state index is 12.6. The topological polar surface area (TPSA) is 87.8 Å². The number of Topliss-reactive ketones (excluding diaryl/α,β-unsaturated/α-hetero) is 1. The Balaban J connectivity index is 1.74. The molecule has 0 spiro atoms. The van der Waals surface area contributed by atoms with Gasteiger partial charge >= 0.3 is 0 Å². The van der Waals surface area contributed by atoms with Crippen molar-refractivity contribution in [2.45, 2.75) is 45.7 Å². The Hall–Kier alpha value is -3.46.